The van der Waals surface area contributed by atoms with Crippen molar-refractivity contribution in [3.63, 3.8) is 0 Å². The van der Waals surface area contributed by atoms with Gasteiger partial charge in [-0.15, -0.1) is 0 Å². The number of nitrogens with zero attached hydrogens (tertiary/aromatic N) is 1. The van der Waals surface area contributed by atoms with Crippen LogP contribution in [0.15, 0.2) is 18.2 Å². The lowest BCUT2D eigenvalue weighted by molar-refractivity contribution is -0.115. The molecule has 2 aliphatic rings. The summed E-state index contributed by atoms with van der Waals surface area (Å²) < 4.78 is 0. The van der Waals surface area contributed by atoms with Crippen molar-refractivity contribution < 1.29 is 9.59 Å². The summed E-state index contributed by atoms with van der Waals surface area (Å²) in [4.78, 5) is 25.4. The van der Waals surface area contributed by atoms with Crippen molar-refractivity contribution >= 4 is 29.4 Å². The summed E-state index contributed by atoms with van der Waals surface area (Å²) in [6.45, 7) is 3.60. The van der Waals surface area contributed by atoms with E-state index in [0.29, 0.717) is 6.42 Å². The fourth-order valence-corrected chi connectivity index (χ4v) is 3.55. The third-order valence-electron chi connectivity index (χ3n) is 3.89. The molecule has 0 aliphatic carbocycles. The molecule has 0 aromatic heterocycles. The molecule has 1 aromatic rings. The zero-order chi connectivity index (χ0) is 14.8. The Morgan fingerprint density at radius 2 is 2.14 bits per heavy atom. The van der Waals surface area contributed by atoms with Crippen LogP contribution >= 0.6 is 11.8 Å². The Balaban J connectivity index is 1.65. The van der Waals surface area contributed by atoms with Gasteiger partial charge in [-0.2, -0.15) is 11.8 Å². The van der Waals surface area contributed by atoms with E-state index in [0.717, 1.165) is 41.4 Å². The maximum atomic E-state index is 12.2. The maximum absolute atomic E-state index is 12.2. The van der Waals surface area contributed by atoms with Crippen LogP contribution in [0.2, 0.25) is 0 Å². The first-order valence-electron chi connectivity index (χ1n) is 7.19. The molecule has 3 amide bonds. The van der Waals surface area contributed by atoms with E-state index < -0.39 is 0 Å². The maximum Gasteiger partial charge on any atom is 0.317 e. The van der Waals surface area contributed by atoms with E-state index in [1.54, 1.807) is 0 Å². The molecule has 6 heteroatoms. The number of benzene rings is 1. The smallest absolute Gasteiger partial charge is 0.317 e. The van der Waals surface area contributed by atoms with E-state index in [-0.39, 0.29) is 18.0 Å². The number of nitrogens with one attached hydrogen (secondary N) is 2. The van der Waals surface area contributed by atoms with Gasteiger partial charge in [0.1, 0.15) is 0 Å². The van der Waals surface area contributed by atoms with Crippen molar-refractivity contribution in [2.24, 2.45) is 0 Å². The first-order chi connectivity index (χ1) is 10.1. The van der Waals surface area contributed by atoms with Crippen LogP contribution in [0.25, 0.3) is 0 Å². The van der Waals surface area contributed by atoms with E-state index in [1.807, 2.05) is 41.8 Å². The Labute approximate surface area is 128 Å². The summed E-state index contributed by atoms with van der Waals surface area (Å²) in [6, 6.07) is 5.81. The Morgan fingerprint density at radius 3 is 2.90 bits per heavy atom. The number of rotatable bonds is 2. The van der Waals surface area contributed by atoms with Crippen LogP contribution in [-0.2, 0) is 11.2 Å². The molecule has 2 aliphatic heterocycles. The summed E-state index contributed by atoms with van der Waals surface area (Å²) in [7, 11) is 0. The van der Waals surface area contributed by atoms with Crippen molar-refractivity contribution in [2.45, 2.75) is 19.4 Å². The van der Waals surface area contributed by atoms with E-state index in [9.17, 15) is 9.59 Å². The van der Waals surface area contributed by atoms with Crippen LogP contribution in [0.3, 0.4) is 0 Å². The van der Waals surface area contributed by atoms with Gasteiger partial charge in [-0.3, -0.25) is 4.79 Å². The van der Waals surface area contributed by atoms with Gasteiger partial charge in [0.2, 0.25) is 5.91 Å². The quantitative estimate of drug-likeness (QED) is 0.878. The highest BCUT2D eigenvalue weighted by molar-refractivity contribution is 7.99. The van der Waals surface area contributed by atoms with Crippen LogP contribution < -0.4 is 10.6 Å². The molecular formula is C15H19N3O2S. The third kappa shape index (κ3) is 3.15. The molecule has 2 N–H and O–H groups in total. The number of carbonyl (C=O) groups is 2. The monoisotopic (exact) mass is 305 g/mol. The van der Waals surface area contributed by atoms with Crippen LogP contribution in [-0.4, -0.2) is 41.4 Å². The second kappa shape index (κ2) is 5.97. The Kier molecular flexibility index (Phi) is 4.05. The Bertz CT molecular complexity index is 570. The van der Waals surface area contributed by atoms with Gasteiger partial charge in [0.25, 0.3) is 0 Å². The molecule has 0 saturated carbocycles. The van der Waals surface area contributed by atoms with Crippen molar-refractivity contribution in [1.29, 1.82) is 0 Å². The lowest BCUT2D eigenvalue weighted by Gasteiger charge is -2.28. The average Bonchev–Trinajstić information content (AvgIpc) is 2.87. The molecule has 2 heterocycles. The van der Waals surface area contributed by atoms with Crippen LogP contribution in [0.1, 0.15) is 24.1 Å². The van der Waals surface area contributed by atoms with Crippen molar-refractivity contribution in [3.05, 3.63) is 29.3 Å². The molecule has 0 spiro atoms. The van der Waals surface area contributed by atoms with E-state index in [1.165, 1.54) is 0 Å². The van der Waals surface area contributed by atoms with Crippen LogP contribution in [0.5, 0.6) is 0 Å². The van der Waals surface area contributed by atoms with Gasteiger partial charge in [-0.05, 0) is 24.1 Å². The first-order valence-corrected chi connectivity index (χ1v) is 8.35. The topological polar surface area (TPSA) is 61.4 Å². The molecule has 1 atom stereocenters. The Morgan fingerprint density at radius 1 is 1.38 bits per heavy atom. The van der Waals surface area contributed by atoms with Gasteiger partial charge in [0.15, 0.2) is 0 Å². The molecule has 21 heavy (non-hydrogen) atoms. The molecule has 1 aromatic carbocycles. The Hall–Kier alpha value is -1.69. The summed E-state index contributed by atoms with van der Waals surface area (Å²) in [5.41, 5.74) is 2.92. The standard InChI is InChI=1S/C15H19N3O2S/c1-10(16-15(20)18-4-6-21-7-5-18)11-2-3-13-12(8-11)9-14(19)17-13/h2-3,8,10H,4-7,9H2,1H3,(H,16,20)(H,17,19)/t10-/m0/s1. The summed E-state index contributed by atoms with van der Waals surface area (Å²) in [6.07, 6.45) is 0.424. The van der Waals surface area contributed by atoms with Crippen molar-refractivity contribution in [2.75, 3.05) is 29.9 Å². The number of thioether (sulfide) groups is 1. The second-order valence-corrected chi connectivity index (χ2v) is 6.64. The molecule has 0 radical (unpaired) electrons. The fraction of sp³-hybridized carbons (Fsp3) is 0.467. The summed E-state index contributed by atoms with van der Waals surface area (Å²) in [5, 5.41) is 5.86. The molecule has 112 valence electrons. The predicted octanol–water partition coefficient (Wildman–Crippen LogP) is 2.00. The third-order valence-corrected chi connectivity index (χ3v) is 4.84. The number of amides is 3. The number of anilines is 1. The largest absolute Gasteiger partial charge is 0.331 e. The highest BCUT2D eigenvalue weighted by Crippen LogP contribution is 2.26. The van der Waals surface area contributed by atoms with Crippen molar-refractivity contribution in [1.82, 2.24) is 10.2 Å². The zero-order valence-electron chi connectivity index (χ0n) is 12.0. The molecule has 0 bridgehead atoms. The number of hydrogen-bond acceptors (Lipinski definition) is 3. The van der Waals surface area contributed by atoms with E-state index in [4.69, 9.17) is 0 Å². The predicted molar refractivity (Wildman–Crippen MR) is 84.6 cm³/mol. The van der Waals surface area contributed by atoms with Gasteiger partial charge in [0, 0.05) is 30.3 Å². The lowest BCUT2D eigenvalue weighted by Crippen LogP contribution is -2.45. The van der Waals surface area contributed by atoms with Gasteiger partial charge in [-0.1, -0.05) is 12.1 Å². The second-order valence-electron chi connectivity index (χ2n) is 5.41. The molecule has 1 fully saturated rings. The minimum absolute atomic E-state index is 0.00231. The minimum Gasteiger partial charge on any atom is -0.331 e. The fourth-order valence-electron chi connectivity index (χ4n) is 2.64. The minimum atomic E-state index is -0.0620. The average molecular weight is 305 g/mol. The van der Waals surface area contributed by atoms with Gasteiger partial charge >= 0.3 is 6.03 Å². The number of carbonyl (C=O) groups excluding carboxylic acids is 2. The van der Waals surface area contributed by atoms with E-state index in [2.05, 4.69) is 10.6 Å². The van der Waals surface area contributed by atoms with Gasteiger partial charge in [-0.25, -0.2) is 4.79 Å². The lowest BCUT2D eigenvalue weighted by atomic mass is 10.0. The van der Waals surface area contributed by atoms with Crippen LogP contribution in [0, 0.1) is 0 Å². The highest BCUT2D eigenvalue weighted by atomic mass is 32.2. The molecule has 5 nitrogen and oxygen atoms in total. The molecule has 1 saturated heterocycles. The zero-order valence-corrected chi connectivity index (χ0v) is 12.8. The SMILES string of the molecule is C[C@H](NC(=O)N1CCSCC1)c1ccc2c(c1)CC(=O)N2. The number of fused-ring (bicyclic) bond motifs is 1. The van der Waals surface area contributed by atoms with E-state index >= 15 is 0 Å². The highest BCUT2D eigenvalue weighted by Gasteiger charge is 2.21. The summed E-state index contributed by atoms with van der Waals surface area (Å²) >= 11 is 1.88. The number of urea groups is 1. The van der Waals surface area contributed by atoms with Gasteiger partial charge < -0.3 is 15.5 Å². The molecule has 0 unspecified atom stereocenters. The first kappa shape index (κ1) is 14.3. The molecular weight excluding hydrogens is 286 g/mol. The molecule has 3 rings (SSSR count). The number of hydrogen-bond donors (Lipinski definition) is 2. The van der Waals surface area contributed by atoms with Crippen molar-refractivity contribution in [3.8, 4) is 0 Å². The summed E-state index contributed by atoms with van der Waals surface area (Å²) in [5.74, 6) is 2.05. The normalized spacial score (nSPS) is 18.9. The van der Waals surface area contributed by atoms with Crippen LogP contribution in [0.4, 0.5) is 10.5 Å². The van der Waals surface area contributed by atoms with Gasteiger partial charge in [0.05, 0.1) is 12.5 Å².